The third-order valence-corrected chi connectivity index (χ3v) is 4.93. The quantitative estimate of drug-likeness (QED) is 0.602. The van der Waals surface area contributed by atoms with Crippen molar-refractivity contribution in [3.05, 3.63) is 65.3 Å². The topological polar surface area (TPSA) is 67.2 Å². The molecule has 0 saturated heterocycles. The molecule has 0 aliphatic heterocycles. The van der Waals surface area contributed by atoms with E-state index in [4.69, 9.17) is 11.6 Å². The number of rotatable bonds is 6. The Kier molecular flexibility index (Phi) is 6.10. The molecule has 5 nitrogen and oxygen atoms in total. The molecule has 0 aliphatic carbocycles. The smallest absolute Gasteiger partial charge is 0.251 e. The molecule has 6 heteroatoms. The van der Waals surface area contributed by atoms with Crippen LogP contribution in [0, 0.1) is 0 Å². The maximum Gasteiger partial charge on any atom is 0.251 e. The second-order valence-electron chi connectivity index (χ2n) is 8.06. The molecule has 1 heterocycles. The fraction of sp³-hybridized carbons (Fsp3) is 0.304. The average molecular weight is 412 g/mol. The zero-order chi connectivity index (χ0) is 21.2. The standard InChI is InChI=1S/C23H26ClN3O2/c1-15(2)27-21(9-10-25-27)18-11-17(16-5-7-20(24)8-6-16)12-19(13-18)22(29)26-23(3,4)14-28/h5-13,15,28H,14H2,1-4H3,(H,26,29). The molecule has 0 saturated carbocycles. The van der Waals surface area contributed by atoms with Gasteiger partial charge in [0.25, 0.3) is 5.91 Å². The number of amides is 1. The Labute approximate surface area is 176 Å². The Balaban J connectivity index is 2.13. The molecule has 0 spiro atoms. The highest BCUT2D eigenvalue weighted by Gasteiger charge is 2.21. The second kappa shape index (κ2) is 8.39. The Morgan fingerprint density at radius 1 is 1.10 bits per heavy atom. The molecular formula is C23H26ClN3O2. The fourth-order valence-electron chi connectivity index (χ4n) is 3.09. The van der Waals surface area contributed by atoms with Gasteiger partial charge in [-0.1, -0.05) is 23.7 Å². The number of aliphatic hydroxyl groups excluding tert-OH is 1. The first kappa shape index (κ1) is 21.1. The highest BCUT2D eigenvalue weighted by molar-refractivity contribution is 6.30. The van der Waals surface area contributed by atoms with Gasteiger partial charge in [-0.2, -0.15) is 5.10 Å². The van der Waals surface area contributed by atoms with Crippen LogP contribution in [0.15, 0.2) is 54.7 Å². The van der Waals surface area contributed by atoms with Gasteiger partial charge in [-0.3, -0.25) is 9.48 Å². The van der Waals surface area contributed by atoms with E-state index >= 15 is 0 Å². The van der Waals surface area contributed by atoms with Crippen molar-refractivity contribution in [1.82, 2.24) is 15.1 Å². The van der Waals surface area contributed by atoms with Crippen LogP contribution in [0.4, 0.5) is 0 Å². The maximum atomic E-state index is 12.9. The van der Waals surface area contributed by atoms with Crippen LogP contribution < -0.4 is 5.32 Å². The predicted molar refractivity (Wildman–Crippen MR) is 117 cm³/mol. The molecule has 0 fully saturated rings. The van der Waals surface area contributed by atoms with Crippen LogP contribution in [-0.2, 0) is 0 Å². The number of hydrogen-bond acceptors (Lipinski definition) is 3. The minimum atomic E-state index is -0.715. The van der Waals surface area contributed by atoms with Gasteiger partial charge in [0, 0.05) is 28.4 Å². The molecule has 3 rings (SSSR count). The van der Waals surface area contributed by atoms with Gasteiger partial charge in [-0.25, -0.2) is 0 Å². The Bertz CT molecular complexity index is 1010. The van der Waals surface area contributed by atoms with Gasteiger partial charge in [0.15, 0.2) is 0 Å². The molecular weight excluding hydrogens is 386 g/mol. The van der Waals surface area contributed by atoms with Crippen LogP contribution in [-0.4, -0.2) is 32.9 Å². The number of hydrogen-bond donors (Lipinski definition) is 2. The first-order chi connectivity index (χ1) is 13.7. The lowest BCUT2D eigenvalue weighted by atomic mass is 9.97. The van der Waals surface area contributed by atoms with Crippen molar-refractivity contribution < 1.29 is 9.90 Å². The Morgan fingerprint density at radius 2 is 1.76 bits per heavy atom. The maximum absolute atomic E-state index is 12.9. The summed E-state index contributed by atoms with van der Waals surface area (Å²) in [6.07, 6.45) is 1.76. The summed E-state index contributed by atoms with van der Waals surface area (Å²) in [6, 6.07) is 15.4. The summed E-state index contributed by atoms with van der Waals surface area (Å²) < 4.78 is 1.93. The van der Waals surface area contributed by atoms with Crippen molar-refractivity contribution in [3.63, 3.8) is 0 Å². The Morgan fingerprint density at radius 3 is 2.38 bits per heavy atom. The van der Waals surface area contributed by atoms with Crippen molar-refractivity contribution in [2.24, 2.45) is 0 Å². The lowest BCUT2D eigenvalue weighted by molar-refractivity contribution is 0.0869. The summed E-state index contributed by atoms with van der Waals surface area (Å²) in [6.45, 7) is 7.54. The molecule has 0 unspecified atom stereocenters. The van der Waals surface area contributed by atoms with E-state index in [1.807, 2.05) is 53.2 Å². The summed E-state index contributed by atoms with van der Waals surface area (Å²) in [5, 5.41) is 17.5. The summed E-state index contributed by atoms with van der Waals surface area (Å²) >= 11 is 6.04. The number of nitrogens with one attached hydrogen (secondary N) is 1. The van der Waals surface area contributed by atoms with Gasteiger partial charge in [0.1, 0.15) is 0 Å². The van der Waals surface area contributed by atoms with Crippen molar-refractivity contribution >= 4 is 17.5 Å². The monoisotopic (exact) mass is 411 g/mol. The van der Waals surface area contributed by atoms with Gasteiger partial charge in [0.2, 0.25) is 0 Å². The van der Waals surface area contributed by atoms with Crippen molar-refractivity contribution in [3.8, 4) is 22.4 Å². The number of halogens is 1. The molecule has 0 aliphatic rings. The van der Waals surface area contributed by atoms with Crippen LogP contribution in [0.25, 0.3) is 22.4 Å². The number of aliphatic hydroxyl groups is 1. The number of nitrogens with zero attached hydrogens (tertiary/aromatic N) is 2. The highest BCUT2D eigenvalue weighted by Crippen LogP contribution is 2.30. The lowest BCUT2D eigenvalue weighted by Gasteiger charge is -2.24. The molecule has 3 aromatic rings. The van der Waals surface area contributed by atoms with Crippen LogP contribution in [0.2, 0.25) is 5.02 Å². The molecule has 1 amide bonds. The number of aromatic nitrogens is 2. The molecule has 1 aromatic heterocycles. The minimum absolute atomic E-state index is 0.150. The van der Waals surface area contributed by atoms with E-state index in [0.717, 1.165) is 22.4 Å². The normalized spacial score (nSPS) is 11.7. The molecule has 2 N–H and O–H groups in total. The second-order valence-corrected chi connectivity index (χ2v) is 8.49. The van der Waals surface area contributed by atoms with Gasteiger partial charge in [-0.15, -0.1) is 0 Å². The molecule has 0 atom stereocenters. The summed E-state index contributed by atoms with van der Waals surface area (Å²) in [7, 11) is 0. The van der Waals surface area contributed by atoms with Gasteiger partial charge in [-0.05, 0) is 75.2 Å². The molecule has 0 bridgehead atoms. The van der Waals surface area contributed by atoms with E-state index in [-0.39, 0.29) is 18.6 Å². The first-order valence-electron chi connectivity index (χ1n) is 9.58. The van der Waals surface area contributed by atoms with Crippen molar-refractivity contribution in [2.75, 3.05) is 6.61 Å². The van der Waals surface area contributed by atoms with Crippen LogP contribution in [0.1, 0.15) is 44.1 Å². The van der Waals surface area contributed by atoms with E-state index in [1.165, 1.54) is 0 Å². The molecule has 0 radical (unpaired) electrons. The van der Waals surface area contributed by atoms with Gasteiger partial charge >= 0.3 is 0 Å². The number of carbonyl (C=O) groups excluding carboxylic acids is 1. The minimum Gasteiger partial charge on any atom is -0.394 e. The molecule has 2 aromatic carbocycles. The summed E-state index contributed by atoms with van der Waals surface area (Å²) in [5.74, 6) is -0.239. The van der Waals surface area contributed by atoms with E-state index in [1.54, 1.807) is 20.0 Å². The zero-order valence-electron chi connectivity index (χ0n) is 17.1. The highest BCUT2D eigenvalue weighted by atomic mass is 35.5. The first-order valence-corrected chi connectivity index (χ1v) is 9.96. The lowest BCUT2D eigenvalue weighted by Crippen LogP contribution is -2.46. The van der Waals surface area contributed by atoms with E-state index < -0.39 is 5.54 Å². The van der Waals surface area contributed by atoms with Crippen molar-refractivity contribution in [1.29, 1.82) is 0 Å². The van der Waals surface area contributed by atoms with E-state index in [9.17, 15) is 9.90 Å². The predicted octanol–water partition coefficient (Wildman–Crippen LogP) is 4.95. The average Bonchev–Trinajstić information content (AvgIpc) is 3.18. The number of carbonyl (C=O) groups is 1. The van der Waals surface area contributed by atoms with Crippen LogP contribution in [0.3, 0.4) is 0 Å². The third kappa shape index (κ3) is 4.86. The summed E-state index contributed by atoms with van der Waals surface area (Å²) in [4.78, 5) is 12.9. The van der Waals surface area contributed by atoms with E-state index in [0.29, 0.717) is 10.6 Å². The van der Waals surface area contributed by atoms with Crippen molar-refractivity contribution in [2.45, 2.75) is 39.3 Å². The molecule has 152 valence electrons. The fourth-order valence-corrected chi connectivity index (χ4v) is 3.21. The molecule has 29 heavy (non-hydrogen) atoms. The third-order valence-electron chi connectivity index (χ3n) is 4.68. The largest absolute Gasteiger partial charge is 0.394 e. The Hall–Kier alpha value is -2.63. The zero-order valence-corrected chi connectivity index (χ0v) is 17.9. The van der Waals surface area contributed by atoms with Crippen LogP contribution >= 0.6 is 11.6 Å². The van der Waals surface area contributed by atoms with Gasteiger partial charge < -0.3 is 10.4 Å². The van der Waals surface area contributed by atoms with Gasteiger partial charge in [0.05, 0.1) is 17.8 Å². The van der Waals surface area contributed by atoms with Crippen LogP contribution in [0.5, 0.6) is 0 Å². The number of benzene rings is 2. The summed E-state index contributed by atoms with van der Waals surface area (Å²) in [5.41, 5.74) is 3.50. The SMILES string of the molecule is CC(C)n1nccc1-c1cc(C(=O)NC(C)(C)CO)cc(-c2ccc(Cl)cc2)c1. The van der Waals surface area contributed by atoms with E-state index in [2.05, 4.69) is 24.3 Å².